The molecule has 2 N–H and O–H groups in total. The molecule has 3 aromatic rings. The van der Waals surface area contributed by atoms with Gasteiger partial charge in [-0.15, -0.1) is 12.4 Å². The fourth-order valence-electron chi connectivity index (χ4n) is 4.10. The number of halogens is 1. The first-order valence-corrected chi connectivity index (χ1v) is 12.1. The van der Waals surface area contributed by atoms with E-state index in [4.69, 9.17) is 9.15 Å². The molecule has 1 aliphatic rings. The highest BCUT2D eigenvalue weighted by atomic mass is 35.5. The quantitative estimate of drug-likeness (QED) is 0.521. The van der Waals surface area contributed by atoms with E-state index in [1.807, 2.05) is 31.2 Å². The lowest BCUT2D eigenvalue weighted by Gasteiger charge is -2.38. The molecule has 0 spiro atoms. The molecule has 0 amide bonds. The predicted molar refractivity (Wildman–Crippen MR) is 134 cm³/mol. The van der Waals surface area contributed by atoms with Gasteiger partial charge in [-0.2, -0.15) is 0 Å². The van der Waals surface area contributed by atoms with E-state index in [9.17, 15) is 8.42 Å². The van der Waals surface area contributed by atoms with Crippen LogP contribution in [0.5, 0.6) is 5.75 Å². The van der Waals surface area contributed by atoms with E-state index in [2.05, 4.69) is 28.8 Å². The lowest BCUT2D eigenvalue weighted by Crippen LogP contribution is -2.54. The maximum Gasteiger partial charge on any atom is 0.262 e. The van der Waals surface area contributed by atoms with Crippen molar-refractivity contribution in [1.29, 1.82) is 0 Å². The lowest BCUT2D eigenvalue weighted by atomic mass is 10.1. The van der Waals surface area contributed by atoms with Gasteiger partial charge in [-0.25, -0.2) is 8.42 Å². The van der Waals surface area contributed by atoms with Crippen LogP contribution in [0.1, 0.15) is 19.6 Å². The van der Waals surface area contributed by atoms with E-state index < -0.39 is 10.0 Å². The molecule has 7 nitrogen and oxygen atoms in total. The van der Waals surface area contributed by atoms with Crippen molar-refractivity contribution in [3.8, 4) is 17.1 Å². The molecule has 178 valence electrons. The fraction of sp³-hybridized carbons (Fsp3) is 0.333. The van der Waals surface area contributed by atoms with Crippen molar-refractivity contribution in [3.05, 3.63) is 60.4 Å². The highest BCUT2D eigenvalue weighted by Gasteiger charge is 2.23. The van der Waals surface area contributed by atoms with E-state index in [-0.39, 0.29) is 17.3 Å². The Morgan fingerprint density at radius 1 is 1.03 bits per heavy atom. The Bertz CT molecular complexity index is 1180. The molecule has 1 saturated heterocycles. The number of benzene rings is 2. The maximum absolute atomic E-state index is 13.1. The van der Waals surface area contributed by atoms with Gasteiger partial charge in [0, 0.05) is 36.4 Å². The van der Waals surface area contributed by atoms with Gasteiger partial charge in [-0.3, -0.25) is 4.72 Å². The zero-order valence-corrected chi connectivity index (χ0v) is 20.8. The van der Waals surface area contributed by atoms with Crippen LogP contribution in [0.2, 0.25) is 0 Å². The molecule has 2 atom stereocenters. The van der Waals surface area contributed by atoms with Crippen molar-refractivity contribution < 1.29 is 17.6 Å². The second-order valence-electron chi connectivity index (χ2n) is 8.30. The Morgan fingerprint density at radius 2 is 1.70 bits per heavy atom. The van der Waals surface area contributed by atoms with Crippen LogP contribution < -0.4 is 19.7 Å². The van der Waals surface area contributed by atoms with Crippen LogP contribution in [-0.2, 0) is 10.0 Å². The number of ether oxygens (including phenoxy) is 1. The molecule has 1 fully saturated rings. The normalized spacial score (nSPS) is 18.5. The summed E-state index contributed by atoms with van der Waals surface area (Å²) < 4.78 is 39.9. The molecule has 9 heteroatoms. The minimum Gasteiger partial charge on any atom is -0.495 e. The van der Waals surface area contributed by atoms with Crippen LogP contribution >= 0.6 is 12.4 Å². The number of nitrogens with zero attached hydrogens (tertiary/aromatic N) is 1. The summed E-state index contributed by atoms with van der Waals surface area (Å²) in [6.07, 6.45) is 0. The van der Waals surface area contributed by atoms with Gasteiger partial charge in [0.15, 0.2) is 0 Å². The van der Waals surface area contributed by atoms with Gasteiger partial charge < -0.3 is 19.4 Å². The average molecular weight is 492 g/mol. The van der Waals surface area contributed by atoms with Crippen molar-refractivity contribution in [1.82, 2.24) is 5.32 Å². The van der Waals surface area contributed by atoms with Crippen LogP contribution in [0.25, 0.3) is 11.3 Å². The van der Waals surface area contributed by atoms with Crippen molar-refractivity contribution in [3.63, 3.8) is 0 Å². The number of furan rings is 1. The summed E-state index contributed by atoms with van der Waals surface area (Å²) >= 11 is 0. The fourth-order valence-corrected chi connectivity index (χ4v) is 5.16. The molecule has 0 saturated carbocycles. The highest BCUT2D eigenvalue weighted by Crippen LogP contribution is 2.32. The topological polar surface area (TPSA) is 83.8 Å². The number of rotatable bonds is 6. The number of aryl methyl sites for hydroxylation is 1. The highest BCUT2D eigenvalue weighted by molar-refractivity contribution is 7.92. The molecule has 0 bridgehead atoms. The number of sulfonamides is 1. The van der Waals surface area contributed by atoms with E-state index in [1.165, 1.54) is 7.11 Å². The van der Waals surface area contributed by atoms with Gasteiger partial charge in [-0.05, 0) is 75.4 Å². The van der Waals surface area contributed by atoms with Gasteiger partial charge in [0.2, 0.25) is 0 Å². The summed E-state index contributed by atoms with van der Waals surface area (Å²) in [6, 6.07) is 16.7. The lowest BCUT2D eigenvalue weighted by molar-refractivity contribution is 0.406. The Hall–Kier alpha value is -2.68. The largest absolute Gasteiger partial charge is 0.495 e. The van der Waals surface area contributed by atoms with Gasteiger partial charge in [0.1, 0.15) is 17.3 Å². The summed E-state index contributed by atoms with van der Waals surface area (Å²) in [4.78, 5) is 2.42. The Kier molecular flexibility index (Phi) is 7.62. The van der Waals surface area contributed by atoms with Crippen LogP contribution in [0.4, 0.5) is 11.4 Å². The van der Waals surface area contributed by atoms with Crippen LogP contribution in [0, 0.1) is 6.92 Å². The van der Waals surface area contributed by atoms with E-state index in [0.717, 1.165) is 30.1 Å². The number of methoxy groups -OCH3 is 1. The van der Waals surface area contributed by atoms with Gasteiger partial charge >= 0.3 is 0 Å². The standard InChI is InChI=1S/C24H29N3O4S.ClH/c1-16-14-27(15-17(2)25-16)20-8-12-24(30-4)22(13-20)26-32(28,29)21-9-6-19(7-10-21)23-11-5-18(3)31-23;/h5-13,16-17,25-26H,14-15H2,1-4H3;1H/t16-,17+;. The van der Waals surface area contributed by atoms with Crippen LogP contribution in [0.15, 0.2) is 63.9 Å². The summed E-state index contributed by atoms with van der Waals surface area (Å²) in [5, 5.41) is 3.51. The van der Waals surface area contributed by atoms with Crippen LogP contribution in [0.3, 0.4) is 0 Å². The van der Waals surface area contributed by atoms with Crippen molar-refractivity contribution >= 4 is 33.8 Å². The number of nitrogens with one attached hydrogen (secondary N) is 2. The third-order valence-electron chi connectivity index (χ3n) is 5.54. The maximum atomic E-state index is 13.1. The van der Waals surface area contributed by atoms with Gasteiger partial charge in [-0.1, -0.05) is 0 Å². The van der Waals surface area contributed by atoms with Gasteiger partial charge in [0.05, 0.1) is 17.7 Å². The van der Waals surface area contributed by atoms with Crippen molar-refractivity contribution in [2.24, 2.45) is 0 Å². The summed E-state index contributed by atoms with van der Waals surface area (Å²) in [5.74, 6) is 1.98. The smallest absolute Gasteiger partial charge is 0.262 e. The van der Waals surface area contributed by atoms with Gasteiger partial charge in [0.25, 0.3) is 10.0 Å². The Balaban J connectivity index is 0.00000306. The molecule has 0 aliphatic carbocycles. The molecular weight excluding hydrogens is 462 g/mol. The monoisotopic (exact) mass is 491 g/mol. The molecule has 2 aromatic carbocycles. The summed E-state index contributed by atoms with van der Waals surface area (Å²) in [7, 11) is -2.27. The third kappa shape index (κ3) is 5.63. The molecule has 2 heterocycles. The zero-order chi connectivity index (χ0) is 22.9. The SMILES string of the molecule is COc1ccc(N2C[C@@H](C)N[C@@H](C)C2)cc1NS(=O)(=O)c1ccc(-c2ccc(C)o2)cc1.Cl. The molecule has 1 aliphatic heterocycles. The van der Waals surface area contributed by atoms with E-state index in [0.29, 0.717) is 29.3 Å². The van der Waals surface area contributed by atoms with E-state index >= 15 is 0 Å². The molecule has 0 radical (unpaired) electrons. The van der Waals surface area contributed by atoms with Crippen molar-refractivity contribution in [2.45, 2.75) is 37.8 Å². The number of anilines is 2. The Labute approximate surface area is 201 Å². The average Bonchev–Trinajstić information content (AvgIpc) is 3.19. The minimum atomic E-state index is -3.80. The van der Waals surface area contributed by atoms with Crippen molar-refractivity contribution in [2.75, 3.05) is 29.8 Å². The first kappa shape index (κ1) is 25.0. The molecule has 1 aromatic heterocycles. The Morgan fingerprint density at radius 3 is 2.27 bits per heavy atom. The second-order valence-corrected chi connectivity index (χ2v) is 9.98. The third-order valence-corrected chi connectivity index (χ3v) is 6.92. The number of hydrogen-bond donors (Lipinski definition) is 2. The number of hydrogen-bond acceptors (Lipinski definition) is 6. The van der Waals surface area contributed by atoms with Crippen LogP contribution in [-0.4, -0.2) is 40.7 Å². The first-order chi connectivity index (χ1) is 15.2. The first-order valence-electron chi connectivity index (χ1n) is 10.6. The zero-order valence-electron chi connectivity index (χ0n) is 19.2. The minimum absolute atomic E-state index is 0. The molecule has 0 unspecified atom stereocenters. The summed E-state index contributed by atoms with van der Waals surface area (Å²) in [5.41, 5.74) is 2.18. The molecular formula is C24H30ClN3O4S. The second kappa shape index (κ2) is 10.1. The number of piperazine rings is 1. The molecule has 33 heavy (non-hydrogen) atoms. The molecule has 4 rings (SSSR count). The summed E-state index contributed by atoms with van der Waals surface area (Å²) in [6.45, 7) is 7.84. The van der Waals surface area contributed by atoms with E-state index in [1.54, 1.807) is 30.3 Å². The predicted octanol–water partition coefficient (Wildman–Crippen LogP) is 4.67.